The van der Waals surface area contributed by atoms with Crippen molar-refractivity contribution in [2.75, 3.05) is 66.0 Å². The number of hydrogen-bond donors (Lipinski definition) is 3. The van der Waals surface area contributed by atoms with Crippen LogP contribution in [0.5, 0.6) is 17.2 Å². The summed E-state index contributed by atoms with van der Waals surface area (Å²) < 4.78 is 25.7. The Labute approximate surface area is 358 Å². The second kappa shape index (κ2) is 40.1. The molecule has 3 aromatic rings. The fourth-order valence-corrected chi connectivity index (χ4v) is 3.79. The first-order valence-electron chi connectivity index (χ1n) is 17.3. The third-order valence-corrected chi connectivity index (χ3v) is 6.33. The lowest BCUT2D eigenvalue weighted by atomic mass is 10.2. The van der Waals surface area contributed by atoms with Gasteiger partial charge in [0.2, 0.25) is 0 Å². The van der Waals surface area contributed by atoms with Crippen molar-refractivity contribution in [3.63, 3.8) is 0 Å². The first kappa shape index (κ1) is 55.8. The van der Waals surface area contributed by atoms with Gasteiger partial charge in [0.05, 0.1) is 33.6 Å². The number of carbonyl (C=O) groups excluding carboxylic acids is 2. The van der Waals surface area contributed by atoms with E-state index in [2.05, 4.69) is 66.4 Å². The zero-order chi connectivity index (χ0) is 43.2. The SMILES string of the molecule is BrB(Br)Br.CCN(CC)C(=O)c1cccc(O)c1.CCN(CC)C(=O)c1cccc(OC)c1.CCNCC.COc1cccc(C(=O)O)c1.ClCCl.[2H]CF. The largest absolute Gasteiger partial charge is 0.508 e. The number of rotatable bonds is 11. The summed E-state index contributed by atoms with van der Waals surface area (Å²) in [6.07, 6.45) is 0. The molecule has 0 aliphatic carbocycles. The van der Waals surface area contributed by atoms with Crippen LogP contribution in [0.1, 0.15) is 74.0 Å². The van der Waals surface area contributed by atoms with Crippen LogP contribution in [0.25, 0.3) is 0 Å². The molecule has 0 aliphatic rings. The number of carboxylic acids is 1. The highest BCUT2D eigenvalue weighted by Gasteiger charge is 2.13. The minimum absolute atomic E-state index is 0.0362. The predicted molar refractivity (Wildman–Crippen MR) is 236 cm³/mol. The van der Waals surface area contributed by atoms with Crippen molar-refractivity contribution in [1.82, 2.24) is 15.1 Å². The fourth-order valence-electron chi connectivity index (χ4n) is 3.79. The van der Waals surface area contributed by atoms with Crippen LogP contribution >= 0.6 is 70.5 Å². The van der Waals surface area contributed by atoms with E-state index in [9.17, 15) is 23.9 Å². The molecule has 10 nitrogen and oxygen atoms in total. The number of carboxylic acid groups (broad SMARTS) is 1. The van der Waals surface area contributed by atoms with Gasteiger partial charge >= 0.3 is 9.15 Å². The molecule has 0 spiro atoms. The molecular weight excluding hydrogens is 939 g/mol. The number of aromatic hydroxyl groups is 1. The lowest BCUT2D eigenvalue weighted by molar-refractivity contribution is 0.0694. The van der Waals surface area contributed by atoms with Crippen LogP contribution < -0.4 is 14.8 Å². The molecule has 0 saturated heterocycles. The maximum atomic E-state index is 11.9. The summed E-state index contributed by atoms with van der Waals surface area (Å²) in [4.78, 5) is 37.6. The van der Waals surface area contributed by atoms with E-state index in [0.717, 1.165) is 26.2 Å². The zero-order valence-corrected chi connectivity index (χ0v) is 38.5. The number of nitrogens with zero attached hydrogens (tertiary/aromatic N) is 2. The summed E-state index contributed by atoms with van der Waals surface area (Å²) in [5.74, 6) is 0.481. The molecule has 0 aromatic heterocycles. The first-order valence-corrected chi connectivity index (χ1v) is 20.4. The number of carbonyl (C=O) groups is 3. The number of aromatic carboxylic acids is 1. The average molecular weight is 996 g/mol. The molecule has 0 unspecified atom stereocenters. The molecule has 0 radical (unpaired) electrons. The number of phenolic OH excluding ortho intramolecular Hbond substituents is 1. The van der Waals surface area contributed by atoms with Crippen LogP contribution in [0.15, 0.2) is 72.8 Å². The molecule has 54 heavy (non-hydrogen) atoms. The van der Waals surface area contributed by atoms with Gasteiger partial charge in [-0.15, -0.1) is 70.5 Å². The maximum Gasteiger partial charge on any atom is 0.369 e. The Kier molecular flexibility index (Phi) is 41.4. The van der Waals surface area contributed by atoms with Crippen LogP contribution in [-0.2, 0) is 0 Å². The molecular formula is C37H56BBr3Cl2FN3O7. The number of phenols is 1. The second-order valence-electron chi connectivity index (χ2n) is 9.58. The zero-order valence-electron chi connectivity index (χ0n) is 33.3. The highest BCUT2D eigenvalue weighted by Crippen LogP contribution is 2.15. The van der Waals surface area contributed by atoms with E-state index in [1.54, 1.807) is 53.3 Å². The molecule has 3 N–H and O–H groups in total. The van der Waals surface area contributed by atoms with Gasteiger partial charge in [-0.25, -0.2) is 4.79 Å². The van der Waals surface area contributed by atoms with Gasteiger partial charge in [0.25, 0.3) is 11.8 Å². The van der Waals surface area contributed by atoms with E-state index in [1.807, 2.05) is 45.9 Å². The van der Waals surface area contributed by atoms with E-state index in [1.165, 1.54) is 25.3 Å². The van der Waals surface area contributed by atoms with Crippen molar-refractivity contribution >= 4 is 91.4 Å². The van der Waals surface area contributed by atoms with Crippen molar-refractivity contribution in [2.45, 2.75) is 41.5 Å². The Morgan fingerprint density at radius 1 is 0.741 bits per heavy atom. The molecule has 306 valence electrons. The highest BCUT2D eigenvalue weighted by atomic mass is 79.9. The smallest absolute Gasteiger partial charge is 0.369 e. The topological polar surface area (TPSA) is 129 Å². The lowest BCUT2D eigenvalue weighted by Crippen LogP contribution is -2.30. The van der Waals surface area contributed by atoms with E-state index >= 15 is 0 Å². The van der Waals surface area contributed by atoms with Crippen molar-refractivity contribution in [1.29, 1.82) is 0 Å². The number of hydrogen-bond acceptors (Lipinski definition) is 7. The lowest BCUT2D eigenvalue weighted by Gasteiger charge is -2.18. The predicted octanol–water partition coefficient (Wildman–Crippen LogP) is 10.2. The average Bonchev–Trinajstić information content (AvgIpc) is 3.17. The van der Waals surface area contributed by atoms with Crippen LogP contribution in [0.3, 0.4) is 0 Å². The normalized spacial score (nSPS) is 9.11. The fraction of sp³-hybridized carbons (Fsp3) is 0.432. The Balaban J connectivity index is -0.000000301. The molecule has 0 saturated carbocycles. The molecule has 0 bridgehead atoms. The minimum atomic E-state index is -1.00. The van der Waals surface area contributed by atoms with Crippen LogP contribution in [0.2, 0.25) is 0 Å². The number of methoxy groups -OCH3 is 2. The monoisotopic (exact) mass is 992 g/mol. The van der Waals surface area contributed by atoms with Crippen molar-refractivity contribution < 1.29 is 39.8 Å². The molecule has 0 atom stereocenters. The van der Waals surface area contributed by atoms with Crippen LogP contribution in [-0.4, -0.2) is 107 Å². The maximum absolute atomic E-state index is 11.9. The third kappa shape index (κ3) is 30.7. The van der Waals surface area contributed by atoms with Crippen molar-refractivity contribution in [3.8, 4) is 17.2 Å². The number of alkyl halides is 3. The van der Waals surface area contributed by atoms with Gasteiger partial charge in [-0.1, -0.05) is 32.0 Å². The standard InChI is InChI=1S/C12H17NO2.C11H15NO2.C8H8O3.C4H11N.CH2Cl2.CH3F.BBr3/c1-4-13(5-2)12(14)10-7-6-8-11(9-10)15-3;1-3-12(4-2)11(14)9-6-5-7-10(13)8-9;1-11-7-4-2-3-6(5-7)8(9)10;1-3-5-4-2;2-1-3;1-2;2-1(3)4/h6-9H,4-5H2,1-3H3;5-8,13H,3-4H2,1-2H3;2-5H,1H3,(H,9,10);5H,3-4H2,1-2H3;1H2;1H3;/i;;;;;1D;. The molecule has 0 fully saturated rings. The van der Waals surface area contributed by atoms with Crippen molar-refractivity contribution in [2.24, 2.45) is 0 Å². The van der Waals surface area contributed by atoms with E-state index < -0.39 is 13.1 Å². The Morgan fingerprint density at radius 2 is 1.06 bits per heavy atom. The van der Waals surface area contributed by atoms with Gasteiger partial charge < -0.3 is 34.8 Å². The summed E-state index contributed by atoms with van der Waals surface area (Å²) in [5, 5.41) is 21.1. The van der Waals surface area contributed by atoms with Gasteiger partial charge in [0, 0.05) is 37.3 Å². The van der Waals surface area contributed by atoms with Gasteiger partial charge in [-0.3, -0.25) is 14.0 Å². The van der Waals surface area contributed by atoms with Gasteiger partial charge in [0.1, 0.15) is 17.2 Å². The van der Waals surface area contributed by atoms with E-state index in [4.69, 9.17) is 39.2 Å². The number of amides is 2. The summed E-state index contributed by atoms with van der Waals surface area (Å²) in [6.45, 7) is 17.0. The van der Waals surface area contributed by atoms with Crippen LogP contribution in [0, 0.1) is 0 Å². The first-order chi connectivity index (χ1) is 26.1. The van der Waals surface area contributed by atoms with E-state index in [0.29, 0.717) is 35.7 Å². The molecule has 0 aliphatic heterocycles. The number of halogens is 6. The summed E-state index contributed by atoms with van der Waals surface area (Å²) in [7, 11) is 2.10. The molecule has 3 aromatic carbocycles. The van der Waals surface area contributed by atoms with Crippen LogP contribution in [0.4, 0.5) is 4.39 Å². The summed E-state index contributed by atoms with van der Waals surface area (Å²) in [6, 6.07) is 20.0. The Bertz CT molecular complexity index is 1400. The van der Waals surface area contributed by atoms with Gasteiger partial charge in [0.15, 0.2) is 0 Å². The third-order valence-electron chi connectivity index (χ3n) is 6.33. The van der Waals surface area contributed by atoms with Gasteiger partial charge in [-0.05, 0) is 95.4 Å². The second-order valence-corrected chi connectivity index (χ2v) is 16.8. The molecule has 0 heterocycles. The molecule has 17 heteroatoms. The van der Waals surface area contributed by atoms with Crippen molar-refractivity contribution in [3.05, 3.63) is 89.5 Å². The Hall–Kier alpha value is -2.56. The Morgan fingerprint density at radius 3 is 1.33 bits per heavy atom. The minimum Gasteiger partial charge on any atom is -0.508 e. The summed E-state index contributed by atoms with van der Waals surface area (Å²) >= 11 is 18.8. The number of benzene rings is 3. The van der Waals surface area contributed by atoms with E-state index in [-0.39, 0.29) is 31.7 Å². The highest BCUT2D eigenvalue weighted by molar-refractivity contribution is 9.69. The molecule has 2 amide bonds. The number of nitrogens with one attached hydrogen (secondary N) is 1. The number of ether oxygens (including phenoxy) is 2. The molecule has 3 rings (SSSR count). The van der Waals surface area contributed by atoms with Gasteiger partial charge in [-0.2, -0.15) is 0 Å². The quantitative estimate of drug-likeness (QED) is 0.128. The summed E-state index contributed by atoms with van der Waals surface area (Å²) in [5.41, 5.74) is 1.45.